The van der Waals surface area contributed by atoms with Gasteiger partial charge in [-0.15, -0.1) is 0 Å². The Labute approximate surface area is 167 Å². The molecule has 3 heterocycles. The minimum atomic E-state index is -5.08. The molecular formula is C19H29F3N2O5. The Morgan fingerprint density at radius 1 is 1.07 bits per heavy atom. The van der Waals surface area contributed by atoms with Crippen LogP contribution in [0.4, 0.5) is 13.2 Å². The number of aliphatic carboxylic acids is 1. The van der Waals surface area contributed by atoms with Gasteiger partial charge in [0.05, 0.1) is 6.10 Å². The average Bonchev–Trinajstić information content (AvgIpc) is 3.08. The summed E-state index contributed by atoms with van der Waals surface area (Å²) >= 11 is 0. The quantitative estimate of drug-likeness (QED) is 0.723. The molecule has 0 bridgehead atoms. The molecule has 0 aromatic carbocycles. The lowest BCUT2D eigenvalue weighted by molar-refractivity contribution is -0.192. The lowest BCUT2D eigenvalue weighted by Gasteiger charge is -2.40. The summed E-state index contributed by atoms with van der Waals surface area (Å²) in [6.45, 7) is 3.94. The first-order chi connectivity index (χ1) is 13.7. The molecular weight excluding hydrogens is 393 g/mol. The lowest BCUT2D eigenvalue weighted by Crippen LogP contribution is -2.49. The van der Waals surface area contributed by atoms with Crippen molar-refractivity contribution in [2.24, 2.45) is 5.92 Å². The van der Waals surface area contributed by atoms with Gasteiger partial charge in [-0.1, -0.05) is 0 Å². The topological polar surface area (TPSA) is 88.1 Å². The van der Waals surface area contributed by atoms with Crippen molar-refractivity contribution in [2.45, 2.75) is 75.4 Å². The van der Waals surface area contributed by atoms with Crippen LogP contribution in [-0.4, -0.2) is 78.7 Å². The highest BCUT2D eigenvalue weighted by atomic mass is 19.4. The fourth-order valence-electron chi connectivity index (χ4n) is 4.35. The van der Waals surface area contributed by atoms with Crippen LogP contribution in [0.2, 0.25) is 0 Å². The van der Waals surface area contributed by atoms with E-state index in [0.717, 1.165) is 58.4 Å². The Bertz CT molecular complexity index is 579. The average molecular weight is 422 g/mol. The van der Waals surface area contributed by atoms with Crippen molar-refractivity contribution in [1.82, 2.24) is 10.2 Å². The van der Waals surface area contributed by atoms with Gasteiger partial charge in [-0.05, 0) is 57.4 Å². The molecule has 0 aromatic heterocycles. The molecule has 0 aromatic rings. The number of halogens is 3. The normalized spacial score (nSPS) is 31.2. The van der Waals surface area contributed by atoms with Gasteiger partial charge in [0.15, 0.2) is 0 Å². The monoisotopic (exact) mass is 422 g/mol. The second-order valence-electron chi connectivity index (χ2n) is 8.23. The minimum absolute atomic E-state index is 0.136. The highest BCUT2D eigenvalue weighted by Gasteiger charge is 2.43. The van der Waals surface area contributed by atoms with Crippen LogP contribution >= 0.6 is 0 Å². The number of carbonyl (C=O) groups is 2. The maximum atomic E-state index is 12.3. The third kappa shape index (κ3) is 6.05. The lowest BCUT2D eigenvalue weighted by atomic mass is 9.89. The zero-order valence-corrected chi connectivity index (χ0v) is 16.3. The van der Waals surface area contributed by atoms with Crippen LogP contribution in [0.15, 0.2) is 0 Å². The van der Waals surface area contributed by atoms with Gasteiger partial charge >= 0.3 is 12.1 Å². The number of amides is 1. The fourth-order valence-corrected chi connectivity index (χ4v) is 4.35. The number of carboxylic acids is 1. The second kappa shape index (κ2) is 9.61. The molecule has 4 aliphatic rings. The Morgan fingerprint density at radius 3 is 2.28 bits per heavy atom. The number of likely N-dealkylation sites (tertiary alicyclic amines) is 1. The number of alkyl halides is 3. The van der Waals surface area contributed by atoms with Crippen molar-refractivity contribution in [3.05, 3.63) is 0 Å². The van der Waals surface area contributed by atoms with Crippen LogP contribution in [0.3, 0.4) is 0 Å². The molecule has 1 aliphatic carbocycles. The van der Waals surface area contributed by atoms with Gasteiger partial charge in [0.2, 0.25) is 5.91 Å². The molecule has 0 unspecified atom stereocenters. The third-order valence-corrected chi connectivity index (χ3v) is 6.28. The number of nitrogens with one attached hydrogen (secondary N) is 1. The Balaban J connectivity index is 0.000000298. The number of rotatable bonds is 3. The van der Waals surface area contributed by atoms with E-state index >= 15 is 0 Å². The van der Waals surface area contributed by atoms with Crippen LogP contribution in [0.1, 0.15) is 44.9 Å². The largest absolute Gasteiger partial charge is 0.490 e. The Hall–Kier alpha value is -1.39. The summed E-state index contributed by atoms with van der Waals surface area (Å²) in [4.78, 5) is 23.8. The van der Waals surface area contributed by atoms with E-state index in [1.54, 1.807) is 0 Å². The predicted octanol–water partition coefficient (Wildman–Crippen LogP) is 1.95. The van der Waals surface area contributed by atoms with Crippen LogP contribution in [0.25, 0.3) is 0 Å². The standard InChI is InChI=1S/C17H28N2O3.C2HF3O2/c20-17(18-13-2-1-3-13)15-10-12-4-7-19(11-16(12)22-15)14-5-8-21-9-6-14;3-2(4,5)1(6)7/h12-16H,1-11H2,(H,18,20);(H,6,7)/t12-,15+,16-;/m0./s1. The van der Waals surface area contributed by atoms with Gasteiger partial charge < -0.3 is 19.9 Å². The van der Waals surface area contributed by atoms with Crippen molar-refractivity contribution in [1.29, 1.82) is 0 Å². The van der Waals surface area contributed by atoms with Crippen molar-refractivity contribution >= 4 is 11.9 Å². The summed E-state index contributed by atoms with van der Waals surface area (Å²) in [5.74, 6) is -2.04. The summed E-state index contributed by atoms with van der Waals surface area (Å²) < 4.78 is 43.3. The zero-order valence-electron chi connectivity index (χ0n) is 16.3. The highest BCUT2D eigenvalue weighted by Crippen LogP contribution is 2.35. The molecule has 1 saturated carbocycles. The molecule has 2 N–H and O–H groups in total. The van der Waals surface area contributed by atoms with Crippen LogP contribution < -0.4 is 5.32 Å². The molecule has 1 amide bonds. The van der Waals surface area contributed by atoms with Crippen molar-refractivity contribution in [2.75, 3.05) is 26.3 Å². The van der Waals surface area contributed by atoms with Gasteiger partial charge in [-0.25, -0.2) is 4.79 Å². The van der Waals surface area contributed by atoms with Gasteiger partial charge in [-0.2, -0.15) is 13.2 Å². The van der Waals surface area contributed by atoms with E-state index in [4.69, 9.17) is 19.4 Å². The van der Waals surface area contributed by atoms with Crippen molar-refractivity contribution in [3.63, 3.8) is 0 Å². The molecule has 166 valence electrons. The number of hydrogen-bond acceptors (Lipinski definition) is 5. The van der Waals surface area contributed by atoms with Gasteiger partial charge in [0.25, 0.3) is 0 Å². The number of nitrogens with zero attached hydrogens (tertiary/aromatic N) is 1. The summed E-state index contributed by atoms with van der Waals surface area (Å²) in [7, 11) is 0. The number of ether oxygens (including phenoxy) is 2. The SMILES string of the molecule is O=C(NC1CCC1)[C@H]1C[C@@H]2CCN(C3CCOCC3)C[C@@H]2O1.O=C(O)C(F)(F)F. The van der Waals surface area contributed by atoms with E-state index < -0.39 is 12.1 Å². The molecule has 10 heteroatoms. The van der Waals surface area contributed by atoms with E-state index in [9.17, 15) is 18.0 Å². The Morgan fingerprint density at radius 2 is 1.72 bits per heavy atom. The third-order valence-electron chi connectivity index (χ3n) is 6.28. The molecule has 29 heavy (non-hydrogen) atoms. The summed E-state index contributed by atoms with van der Waals surface area (Å²) in [6, 6.07) is 1.07. The number of fused-ring (bicyclic) bond motifs is 1. The maximum absolute atomic E-state index is 12.3. The number of hydrogen-bond donors (Lipinski definition) is 2. The van der Waals surface area contributed by atoms with Crippen LogP contribution in [0, 0.1) is 5.92 Å². The van der Waals surface area contributed by atoms with E-state index in [2.05, 4.69) is 10.2 Å². The molecule has 0 spiro atoms. The molecule has 7 nitrogen and oxygen atoms in total. The van der Waals surface area contributed by atoms with Gasteiger partial charge in [0, 0.05) is 31.8 Å². The van der Waals surface area contributed by atoms with Gasteiger partial charge in [-0.3, -0.25) is 9.69 Å². The zero-order chi connectivity index (χ0) is 21.0. The molecule has 3 saturated heterocycles. The molecule has 0 radical (unpaired) electrons. The van der Waals surface area contributed by atoms with E-state index in [-0.39, 0.29) is 18.1 Å². The fraction of sp³-hybridized carbons (Fsp3) is 0.895. The van der Waals surface area contributed by atoms with Crippen molar-refractivity contribution < 1.29 is 37.3 Å². The molecule has 4 rings (SSSR count). The summed E-state index contributed by atoms with van der Waals surface area (Å²) in [5.41, 5.74) is 0. The highest BCUT2D eigenvalue weighted by molar-refractivity contribution is 5.81. The van der Waals surface area contributed by atoms with Crippen LogP contribution in [0.5, 0.6) is 0 Å². The van der Waals surface area contributed by atoms with E-state index in [1.165, 1.54) is 12.8 Å². The maximum Gasteiger partial charge on any atom is 0.490 e. The van der Waals surface area contributed by atoms with Gasteiger partial charge in [0.1, 0.15) is 6.10 Å². The summed E-state index contributed by atoms with van der Waals surface area (Å²) in [5, 5.41) is 10.3. The van der Waals surface area contributed by atoms with Crippen molar-refractivity contribution in [3.8, 4) is 0 Å². The number of carboxylic acid groups (broad SMARTS) is 1. The number of piperidine rings is 1. The van der Waals surface area contributed by atoms with E-state index in [0.29, 0.717) is 18.0 Å². The molecule has 4 fully saturated rings. The van der Waals surface area contributed by atoms with Crippen LogP contribution in [-0.2, 0) is 19.1 Å². The minimum Gasteiger partial charge on any atom is -0.475 e. The van der Waals surface area contributed by atoms with E-state index in [1.807, 2.05) is 0 Å². The second-order valence-corrected chi connectivity index (χ2v) is 8.23. The predicted molar refractivity (Wildman–Crippen MR) is 96.3 cm³/mol. The summed E-state index contributed by atoms with van der Waals surface area (Å²) in [6.07, 6.45) is 2.89. The molecule has 3 aliphatic heterocycles. The first-order valence-corrected chi connectivity index (χ1v) is 10.3. The smallest absolute Gasteiger partial charge is 0.475 e. The first kappa shape index (κ1) is 22.3. The molecule has 3 atom stereocenters. The Kier molecular flexibility index (Phi) is 7.39. The number of carbonyl (C=O) groups excluding carboxylic acids is 1. The first-order valence-electron chi connectivity index (χ1n) is 10.3.